The van der Waals surface area contributed by atoms with Crippen LogP contribution < -0.4 is 5.32 Å². The van der Waals surface area contributed by atoms with E-state index >= 15 is 0 Å². The Morgan fingerprint density at radius 2 is 1.77 bits per heavy atom. The van der Waals surface area contributed by atoms with Gasteiger partial charge in [0, 0.05) is 10.5 Å². The Morgan fingerprint density at radius 3 is 2.40 bits per heavy atom. The monoisotopic (exact) mass is 488 g/mol. The van der Waals surface area contributed by atoms with Crippen molar-refractivity contribution in [2.45, 2.75) is 62.9 Å². The zero-order valence-corrected chi connectivity index (χ0v) is 21.5. The molecule has 0 radical (unpaired) electrons. The third-order valence-electron chi connectivity index (χ3n) is 6.68. The van der Waals surface area contributed by atoms with Gasteiger partial charge in [-0.15, -0.1) is 11.8 Å². The Bertz CT molecular complexity index is 1230. The normalized spacial score (nSPS) is 17.7. The molecule has 1 amide bonds. The Kier molecular flexibility index (Phi) is 7.15. The van der Waals surface area contributed by atoms with Gasteiger partial charge in [0.2, 0.25) is 5.91 Å². The number of benzene rings is 2. The number of anilines is 1. The summed E-state index contributed by atoms with van der Waals surface area (Å²) < 4.78 is 0. The number of nitrogens with one attached hydrogen (secondary N) is 1. The van der Waals surface area contributed by atoms with Gasteiger partial charge in [0.15, 0.2) is 5.78 Å². The summed E-state index contributed by atoms with van der Waals surface area (Å²) >= 11 is 1.77. The highest BCUT2D eigenvalue weighted by atomic mass is 32.2. The third kappa shape index (κ3) is 5.49. The predicted octanol–water partition coefficient (Wildman–Crippen LogP) is 5.69. The van der Waals surface area contributed by atoms with Crippen LogP contribution in [-0.4, -0.2) is 27.5 Å². The summed E-state index contributed by atoms with van der Waals surface area (Å²) in [6.07, 6.45) is 1.55. The molecule has 1 atom stereocenters. The number of carbonyl (C=O) groups excluding carboxylic acids is 2. The summed E-state index contributed by atoms with van der Waals surface area (Å²) in [7, 11) is 0. The number of pyridine rings is 1. The smallest absolute Gasteiger partial charge is 0.229 e. The fourth-order valence-corrected chi connectivity index (χ4v) is 5.17. The van der Waals surface area contributed by atoms with Crippen LogP contribution >= 0.6 is 11.8 Å². The zero-order chi connectivity index (χ0) is 25.2. The van der Waals surface area contributed by atoms with Crippen LogP contribution in [0.25, 0.3) is 0 Å². The molecule has 1 unspecified atom stereocenters. The van der Waals surface area contributed by atoms with Gasteiger partial charge in [-0.25, -0.2) is 4.98 Å². The minimum absolute atomic E-state index is 0.0326. The van der Waals surface area contributed by atoms with Gasteiger partial charge in [-0.05, 0) is 80.3 Å². The maximum absolute atomic E-state index is 13.5. The van der Waals surface area contributed by atoms with Gasteiger partial charge in [-0.1, -0.05) is 43.3 Å². The highest BCUT2D eigenvalue weighted by molar-refractivity contribution is 7.99. The second kappa shape index (κ2) is 9.96. The topological polar surface area (TPSA) is 79.3 Å². The van der Waals surface area contributed by atoms with Crippen LogP contribution in [0.15, 0.2) is 65.6 Å². The molecule has 2 aromatic carbocycles. The summed E-state index contributed by atoms with van der Waals surface area (Å²) in [4.78, 5) is 31.9. The van der Waals surface area contributed by atoms with Crippen molar-refractivity contribution in [3.05, 3.63) is 88.6 Å². The highest BCUT2D eigenvalue weighted by Crippen LogP contribution is 2.38. The maximum Gasteiger partial charge on any atom is 0.229 e. The van der Waals surface area contributed by atoms with Gasteiger partial charge < -0.3 is 10.4 Å². The van der Waals surface area contributed by atoms with E-state index in [1.54, 1.807) is 37.7 Å². The van der Waals surface area contributed by atoms with Crippen LogP contribution in [0.5, 0.6) is 0 Å². The molecular weight excluding hydrogens is 456 g/mol. The van der Waals surface area contributed by atoms with Crippen LogP contribution in [0.4, 0.5) is 5.82 Å². The number of hydrogen-bond donors (Lipinski definition) is 2. The fraction of sp³-hybridized carbons (Fsp3) is 0.345. The molecule has 35 heavy (non-hydrogen) atoms. The largest absolute Gasteiger partial charge is 0.386 e. The molecule has 0 fully saturated rings. The number of aryl methyl sites for hydroxylation is 1. The molecule has 6 heteroatoms. The molecule has 0 saturated carbocycles. The molecule has 3 aromatic rings. The molecule has 0 bridgehead atoms. The fourth-order valence-electron chi connectivity index (χ4n) is 4.51. The van der Waals surface area contributed by atoms with Crippen molar-refractivity contribution in [1.82, 2.24) is 4.98 Å². The van der Waals surface area contributed by atoms with E-state index in [2.05, 4.69) is 17.2 Å². The molecule has 1 aliphatic rings. The van der Waals surface area contributed by atoms with Crippen LogP contribution in [-0.2, 0) is 28.7 Å². The zero-order valence-electron chi connectivity index (χ0n) is 20.7. The number of amides is 1. The Labute approximate surface area is 211 Å². The quantitative estimate of drug-likeness (QED) is 0.418. The van der Waals surface area contributed by atoms with E-state index in [0.717, 1.165) is 28.1 Å². The summed E-state index contributed by atoms with van der Waals surface area (Å²) in [5, 5.41) is 13.1. The van der Waals surface area contributed by atoms with Crippen LogP contribution in [0.3, 0.4) is 0 Å². The maximum atomic E-state index is 13.5. The van der Waals surface area contributed by atoms with Crippen molar-refractivity contribution in [2.75, 3.05) is 11.1 Å². The van der Waals surface area contributed by atoms with Crippen molar-refractivity contribution in [1.29, 1.82) is 0 Å². The second-order valence-corrected chi connectivity index (χ2v) is 11.1. The number of thioether (sulfide) groups is 1. The number of rotatable bonds is 7. The molecular formula is C29H32N2O3S. The van der Waals surface area contributed by atoms with Crippen molar-refractivity contribution < 1.29 is 14.7 Å². The number of fused-ring (bicyclic) bond motifs is 1. The summed E-state index contributed by atoms with van der Waals surface area (Å²) in [6.45, 7) is 7.57. The average Bonchev–Trinajstić information content (AvgIpc) is 2.82. The summed E-state index contributed by atoms with van der Waals surface area (Å²) in [5.74, 6) is 1.38. The molecule has 5 nitrogen and oxygen atoms in total. The Balaban J connectivity index is 1.46. The average molecular weight is 489 g/mol. The van der Waals surface area contributed by atoms with Gasteiger partial charge >= 0.3 is 0 Å². The molecule has 0 saturated heterocycles. The molecule has 1 aromatic heterocycles. The lowest BCUT2D eigenvalue weighted by Gasteiger charge is -2.34. The van der Waals surface area contributed by atoms with Gasteiger partial charge in [0.1, 0.15) is 5.82 Å². The number of nitrogens with zero attached hydrogens (tertiary/aromatic N) is 1. The summed E-state index contributed by atoms with van der Waals surface area (Å²) in [6, 6.07) is 19.2. The van der Waals surface area contributed by atoms with E-state index in [1.807, 2.05) is 55.5 Å². The second-order valence-electron chi connectivity index (χ2n) is 9.79. The summed E-state index contributed by atoms with van der Waals surface area (Å²) in [5.41, 5.74) is 2.44. The standard InChI is InChI=1S/C29H32N2O3S/c1-5-35-22-12-6-19(7-13-22)18-26(32)31-25-15-14-23-24(30-25)16-17-29(4,27(23)33)21-10-8-20(9-11-21)28(2,3)34/h6-15,34H,5,16-18H2,1-4H3,(H,30,31,32). The third-order valence-corrected chi connectivity index (χ3v) is 7.57. The lowest BCUT2D eigenvalue weighted by atomic mass is 9.68. The molecule has 0 aliphatic heterocycles. The van der Waals surface area contributed by atoms with Gasteiger partial charge in [0.05, 0.1) is 23.1 Å². The van der Waals surface area contributed by atoms with Crippen molar-refractivity contribution >= 4 is 29.3 Å². The predicted molar refractivity (Wildman–Crippen MR) is 141 cm³/mol. The Morgan fingerprint density at radius 1 is 1.09 bits per heavy atom. The van der Waals surface area contributed by atoms with Crippen molar-refractivity contribution in [3.63, 3.8) is 0 Å². The first kappa shape index (κ1) is 25.1. The molecule has 1 heterocycles. The van der Waals surface area contributed by atoms with Crippen LogP contribution in [0.2, 0.25) is 0 Å². The first-order valence-corrected chi connectivity index (χ1v) is 13.0. The molecule has 1 aliphatic carbocycles. The SMILES string of the molecule is CCSc1ccc(CC(=O)Nc2ccc3c(n2)CCC(C)(c2ccc(C(C)(C)O)cc2)C3=O)cc1. The van der Waals surface area contributed by atoms with Crippen molar-refractivity contribution in [2.24, 2.45) is 0 Å². The molecule has 2 N–H and O–H groups in total. The molecule has 0 spiro atoms. The number of ketones is 1. The van der Waals surface area contributed by atoms with E-state index < -0.39 is 11.0 Å². The number of carbonyl (C=O) groups is 2. The van der Waals surface area contributed by atoms with Crippen LogP contribution in [0.1, 0.15) is 66.9 Å². The first-order chi connectivity index (χ1) is 16.6. The Hall–Kier alpha value is -2.96. The van der Waals surface area contributed by atoms with Gasteiger partial charge in [-0.2, -0.15) is 0 Å². The van der Waals surface area contributed by atoms with E-state index in [4.69, 9.17) is 0 Å². The minimum Gasteiger partial charge on any atom is -0.386 e. The number of aromatic nitrogens is 1. The van der Waals surface area contributed by atoms with E-state index in [1.165, 1.54) is 4.90 Å². The number of hydrogen-bond acceptors (Lipinski definition) is 5. The van der Waals surface area contributed by atoms with E-state index in [0.29, 0.717) is 24.2 Å². The highest BCUT2D eigenvalue weighted by Gasteiger charge is 2.40. The van der Waals surface area contributed by atoms with E-state index in [9.17, 15) is 14.7 Å². The van der Waals surface area contributed by atoms with Crippen molar-refractivity contribution in [3.8, 4) is 0 Å². The lowest BCUT2D eigenvalue weighted by Crippen LogP contribution is -2.38. The first-order valence-electron chi connectivity index (χ1n) is 12.0. The number of Topliss-reactive ketones (excluding diaryl/α,β-unsaturated/α-hetero) is 1. The van der Waals surface area contributed by atoms with Gasteiger partial charge in [-0.3, -0.25) is 9.59 Å². The minimum atomic E-state index is -0.926. The van der Waals surface area contributed by atoms with E-state index in [-0.39, 0.29) is 18.1 Å². The molecule has 4 rings (SSSR count). The lowest BCUT2D eigenvalue weighted by molar-refractivity contribution is -0.115. The van der Waals surface area contributed by atoms with Gasteiger partial charge in [0.25, 0.3) is 0 Å². The number of aliphatic hydroxyl groups is 1. The molecule has 182 valence electrons. The van der Waals surface area contributed by atoms with Crippen LogP contribution in [0, 0.1) is 0 Å².